The molecule has 256 valence electrons. The van der Waals surface area contributed by atoms with Crippen molar-refractivity contribution in [1.29, 1.82) is 0 Å². The van der Waals surface area contributed by atoms with Gasteiger partial charge >= 0.3 is 0 Å². The fourth-order valence-electron chi connectivity index (χ4n) is 7.30. The average molecular weight is 663 g/mol. The Kier molecular flexibility index (Phi) is 10.6. The van der Waals surface area contributed by atoms with E-state index in [0.29, 0.717) is 5.92 Å². The summed E-state index contributed by atoms with van der Waals surface area (Å²) in [5.41, 5.74) is 7.15. The molecule has 3 nitrogen and oxygen atoms in total. The summed E-state index contributed by atoms with van der Waals surface area (Å²) in [6.07, 6.45) is 15.2. The van der Waals surface area contributed by atoms with Gasteiger partial charge in [-0.15, -0.1) is 0 Å². The summed E-state index contributed by atoms with van der Waals surface area (Å²) in [5.74, 6) is 0.567. The predicted molar refractivity (Wildman–Crippen MR) is 203 cm³/mol. The second kappa shape index (κ2) is 13.1. The lowest BCUT2D eigenvalue weighted by atomic mass is 9.65. The zero-order valence-corrected chi connectivity index (χ0v) is 33.7. The first kappa shape index (κ1) is 37.3. The third kappa shape index (κ3) is 8.02. The highest BCUT2D eigenvalue weighted by atomic mass is 28.4. The molecule has 46 heavy (non-hydrogen) atoms. The Morgan fingerprint density at radius 3 is 2.15 bits per heavy atom. The highest BCUT2D eigenvalue weighted by molar-refractivity contribution is 6.74. The third-order valence-corrected chi connectivity index (χ3v) is 21.5. The third-order valence-electron chi connectivity index (χ3n) is 12.5. The molecule has 0 heterocycles. The van der Waals surface area contributed by atoms with Gasteiger partial charge in [0.1, 0.15) is 0 Å². The molecule has 0 radical (unpaired) electrons. The maximum Gasteiger partial charge on any atom is 0.192 e. The fourth-order valence-corrected chi connectivity index (χ4v) is 9.97. The number of allylic oxidation sites excluding steroid dienone is 4. The van der Waals surface area contributed by atoms with Crippen LogP contribution in [0.2, 0.25) is 36.3 Å². The monoisotopic (exact) mass is 662 g/mol. The highest BCUT2D eigenvalue weighted by Crippen LogP contribution is 2.57. The van der Waals surface area contributed by atoms with Crippen LogP contribution in [0.15, 0.2) is 65.3 Å². The van der Waals surface area contributed by atoms with E-state index < -0.39 is 22.2 Å². The molecule has 0 saturated heterocycles. The molecule has 0 amide bonds. The van der Waals surface area contributed by atoms with Crippen molar-refractivity contribution in [2.24, 2.45) is 11.3 Å². The highest BCUT2D eigenvalue weighted by Gasteiger charge is 2.47. The topological polar surface area (TPSA) is 38.7 Å². The summed E-state index contributed by atoms with van der Waals surface area (Å²) in [4.78, 5) is 0. The van der Waals surface area contributed by atoms with Gasteiger partial charge in [0, 0.05) is 6.42 Å². The molecule has 1 aromatic carbocycles. The molecule has 1 aromatic rings. The SMILES string of the molecule is C=C1/C(=C\C=C2/CCC[C@]3(C)/C(=C\c4cccc(C(C)(C)O)c4)CC[C@@H]23)C[C@@H](O[Si](C)(C)C(C)(C)C)C[C@@H]1O[Si](C)(C)C(C)(C)C. The van der Waals surface area contributed by atoms with E-state index in [1.54, 1.807) is 11.1 Å². The summed E-state index contributed by atoms with van der Waals surface area (Å²) in [6, 6.07) is 8.45. The summed E-state index contributed by atoms with van der Waals surface area (Å²) in [6.45, 7) is 34.4. The Balaban J connectivity index is 1.64. The summed E-state index contributed by atoms with van der Waals surface area (Å²) in [7, 11) is -3.94. The summed E-state index contributed by atoms with van der Waals surface area (Å²) in [5, 5.41) is 10.9. The molecule has 4 rings (SSSR count). The molecule has 3 saturated carbocycles. The Morgan fingerprint density at radius 2 is 1.54 bits per heavy atom. The van der Waals surface area contributed by atoms with E-state index in [-0.39, 0.29) is 27.7 Å². The van der Waals surface area contributed by atoms with E-state index in [4.69, 9.17) is 8.85 Å². The van der Waals surface area contributed by atoms with Crippen LogP contribution in [0.25, 0.3) is 6.08 Å². The smallest absolute Gasteiger partial charge is 0.192 e. The molecule has 0 unspecified atom stereocenters. The first-order valence-corrected chi connectivity index (χ1v) is 23.7. The molecule has 1 N–H and O–H groups in total. The van der Waals surface area contributed by atoms with Crippen LogP contribution in [0.1, 0.15) is 118 Å². The zero-order chi connectivity index (χ0) is 34.5. The molecule has 3 aliphatic rings. The van der Waals surface area contributed by atoms with Crippen LogP contribution in [0, 0.1) is 11.3 Å². The van der Waals surface area contributed by atoms with E-state index in [9.17, 15) is 5.11 Å². The van der Waals surface area contributed by atoms with Crippen LogP contribution in [0.3, 0.4) is 0 Å². The van der Waals surface area contributed by atoms with Gasteiger partial charge in [-0.1, -0.05) is 103 Å². The summed E-state index contributed by atoms with van der Waals surface area (Å²) >= 11 is 0. The molecular weight excluding hydrogens is 597 g/mol. The van der Waals surface area contributed by atoms with Crippen molar-refractivity contribution in [2.45, 2.75) is 161 Å². The van der Waals surface area contributed by atoms with Crippen molar-refractivity contribution in [1.82, 2.24) is 0 Å². The Hall–Kier alpha value is -1.51. The molecule has 3 fully saturated rings. The molecule has 0 spiro atoms. The van der Waals surface area contributed by atoms with Crippen LogP contribution in [-0.4, -0.2) is 33.9 Å². The van der Waals surface area contributed by atoms with Crippen molar-refractivity contribution in [3.05, 3.63) is 76.4 Å². The van der Waals surface area contributed by atoms with Gasteiger partial charge in [0.15, 0.2) is 16.6 Å². The van der Waals surface area contributed by atoms with E-state index in [1.807, 2.05) is 19.9 Å². The molecule has 5 heteroatoms. The van der Waals surface area contributed by atoms with Gasteiger partial charge in [-0.3, -0.25) is 0 Å². The Morgan fingerprint density at radius 1 is 0.913 bits per heavy atom. The van der Waals surface area contributed by atoms with Crippen LogP contribution in [0.5, 0.6) is 0 Å². The fraction of sp³-hybridized carbons (Fsp3) is 0.659. The number of hydrogen-bond acceptors (Lipinski definition) is 3. The first-order chi connectivity index (χ1) is 20.9. The van der Waals surface area contributed by atoms with Crippen LogP contribution >= 0.6 is 0 Å². The molecule has 3 aliphatic carbocycles. The van der Waals surface area contributed by atoms with E-state index in [0.717, 1.165) is 30.4 Å². The van der Waals surface area contributed by atoms with E-state index in [2.05, 4.69) is 118 Å². The largest absolute Gasteiger partial charge is 0.413 e. The normalized spacial score (nSPS) is 29.6. The van der Waals surface area contributed by atoms with Gasteiger partial charge in [-0.05, 0) is 128 Å². The lowest BCUT2D eigenvalue weighted by Gasteiger charge is -2.45. The number of hydrogen-bond donors (Lipinski definition) is 1. The maximum absolute atomic E-state index is 10.6. The quantitative estimate of drug-likeness (QED) is 0.295. The standard InChI is InChI=1S/C41H66O3Si2/c1-29-32(27-35(43-45(11,12)38(2,3)4)28-37(29)44-46(13,14)39(5,6)7)21-20-31-18-16-24-41(10)34(22-23-36(31)41)26-30-17-15-19-33(25-30)40(8,9)42/h15,17,19-21,25-26,35-37,42H,1,16,18,22-24,27-28H2,2-14H3/b31-20+,32-21-,34-26-/t35-,36+,37+,41-/m1/s1. The lowest BCUT2D eigenvalue weighted by Crippen LogP contribution is -2.49. The van der Waals surface area contributed by atoms with Crippen LogP contribution < -0.4 is 0 Å². The average Bonchev–Trinajstić information content (AvgIpc) is 3.24. The van der Waals surface area contributed by atoms with Crippen molar-refractivity contribution < 1.29 is 14.0 Å². The number of aliphatic hydroxyl groups is 1. The number of rotatable bonds is 7. The minimum atomic E-state index is -1.99. The van der Waals surface area contributed by atoms with Gasteiger partial charge in [0.25, 0.3) is 0 Å². The molecule has 0 bridgehead atoms. The minimum absolute atomic E-state index is 0.00589. The van der Waals surface area contributed by atoms with E-state index >= 15 is 0 Å². The van der Waals surface area contributed by atoms with Crippen molar-refractivity contribution >= 4 is 22.7 Å². The number of benzene rings is 1. The Labute approximate surface area is 284 Å². The van der Waals surface area contributed by atoms with Crippen LogP contribution in [0.4, 0.5) is 0 Å². The first-order valence-electron chi connectivity index (χ1n) is 17.9. The molecule has 0 aliphatic heterocycles. The lowest BCUT2D eigenvalue weighted by molar-refractivity contribution is 0.0785. The second-order valence-electron chi connectivity index (χ2n) is 18.5. The van der Waals surface area contributed by atoms with Gasteiger partial charge < -0.3 is 14.0 Å². The zero-order valence-electron chi connectivity index (χ0n) is 31.7. The maximum atomic E-state index is 10.6. The van der Waals surface area contributed by atoms with Crippen molar-refractivity contribution in [2.75, 3.05) is 0 Å². The summed E-state index contributed by atoms with van der Waals surface area (Å²) < 4.78 is 14.2. The van der Waals surface area contributed by atoms with Gasteiger partial charge in [-0.2, -0.15) is 0 Å². The van der Waals surface area contributed by atoms with Gasteiger partial charge in [-0.25, -0.2) is 0 Å². The van der Waals surface area contributed by atoms with E-state index in [1.165, 1.54) is 36.8 Å². The second-order valence-corrected chi connectivity index (χ2v) is 28.0. The predicted octanol–water partition coefficient (Wildman–Crippen LogP) is 11.9. The molecular formula is C41H66O3Si2. The van der Waals surface area contributed by atoms with Gasteiger partial charge in [0.2, 0.25) is 0 Å². The van der Waals surface area contributed by atoms with Crippen molar-refractivity contribution in [3.8, 4) is 0 Å². The van der Waals surface area contributed by atoms with Gasteiger partial charge in [0.05, 0.1) is 17.8 Å². The molecule has 0 aromatic heterocycles. The minimum Gasteiger partial charge on any atom is -0.413 e. The molecule has 4 atom stereocenters. The number of fused-ring (bicyclic) bond motifs is 1. The Bertz CT molecular complexity index is 1380. The van der Waals surface area contributed by atoms with Crippen molar-refractivity contribution in [3.63, 3.8) is 0 Å². The van der Waals surface area contributed by atoms with Crippen LogP contribution in [-0.2, 0) is 14.5 Å².